The number of pyridine rings is 1. The van der Waals surface area contributed by atoms with E-state index in [-0.39, 0.29) is 11.9 Å². The molecule has 112 valence electrons. The average molecular weight is 294 g/mol. The molecule has 0 saturated heterocycles. The number of aromatic nitrogens is 1. The van der Waals surface area contributed by atoms with Crippen molar-refractivity contribution in [2.45, 2.75) is 18.9 Å². The van der Waals surface area contributed by atoms with Crippen molar-refractivity contribution in [2.24, 2.45) is 0 Å². The Morgan fingerprint density at radius 3 is 2.68 bits per heavy atom. The molecule has 0 spiro atoms. The molecular formula is C18H18N2O2. The summed E-state index contributed by atoms with van der Waals surface area (Å²) < 4.78 is 5.80. The third-order valence-electron chi connectivity index (χ3n) is 3.57. The van der Waals surface area contributed by atoms with Gasteiger partial charge in [0, 0.05) is 24.4 Å². The van der Waals surface area contributed by atoms with Crippen LogP contribution < -0.4 is 5.32 Å². The molecule has 1 aromatic heterocycles. The monoisotopic (exact) mass is 294 g/mol. The van der Waals surface area contributed by atoms with E-state index in [0.29, 0.717) is 12.4 Å². The van der Waals surface area contributed by atoms with Crippen molar-refractivity contribution in [2.75, 3.05) is 6.61 Å². The first-order chi connectivity index (χ1) is 10.8. The van der Waals surface area contributed by atoms with Crippen LogP contribution in [0.15, 0.2) is 66.6 Å². The first-order valence-electron chi connectivity index (χ1n) is 7.40. The lowest BCUT2D eigenvalue weighted by molar-refractivity contribution is -0.116. The van der Waals surface area contributed by atoms with Crippen molar-refractivity contribution in [1.29, 1.82) is 0 Å². The lowest BCUT2D eigenvalue weighted by atomic mass is 10.1. The Balaban J connectivity index is 1.56. The van der Waals surface area contributed by atoms with Gasteiger partial charge in [0.15, 0.2) is 0 Å². The van der Waals surface area contributed by atoms with Crippen molar-refractivity contribution < 1.29 is 9.53 Å². The van der Waals surface area contributed by atoms with Gasteiger partial charge in [0.05, 0.1) is 12.6 Å². The van der Waals surface area contributed by atoms with Crippen LogP contribution in [-0.2, 0) is 22.4 Å². The quantitative estimate of drug-likeness (QED) is 0.889. The Morgan fingerprint density at radius 1 is 1.09 bits per heavy atom. The Kier molecular flexibility index (Phi) is 4.49. The summed E-state index contributed by atoms with van der Waals surface area (Å²) in [5.74, 6) is 0.624. The number of nitrogens with one attached hydrogen (secondary N) is 1. The van der Waals surface area contributed by atoms with Crippen molar-refractivity contribution in [3.63, 3.8) is 0 Å². The molecule has 1 N–H and O–H groups in total. The van der Waals surface area contributed by atoms with Crippen molar-refractivity contribution >= 4 is 5.91 Å². The summed E-state index contributed by atoms with van der Waals surface area (Å²) in [6.07, 6.45) is 4.78. The highest BCUT2D eigenvalue weighted by molar-refractivity contribution is 5.91. The van der Waals surface area contributed by atoms with E-state index in [4.69, 9.17) is 4.74 Å². The molecule has 1 atom stereocenters. The van der Waals surface area contributed by atoms with Crippen LogP contribution in [-0.4, -0.2) is 23.5 Å². The van der Waals surface area contributed by atoms with E-state index in [1.165, 1.54) is 5.56 Å². The third-order valence-corrected chi connectivity index (χ3v) is 3.57. The summed E-state index contributed by atoms with van der Waals surface area (Å²) in [7, 11) is 0. The van der Waals surface area contributed by atoms with Gasteiger partial charge in [-0.25, -0.2) is 0 Å². The van der Waals surface area contributed by atoms with Gasteiger partial charge >= 0.3 is 0 Å². The van der Waals surface area contributed by atoms with Gasteiger partial charge in [-0.3, -0.25) is 9.78 Å². The zero-order valence-corrected chi connectivity index (χ0v) is 12.2. The number of nitrogens with zero attached hydrogens (tertiary/aromatic N) is 1. The van der Waals surface area contributed by atoms with Crippen molar-refractivity contribution in [3.8, 4) is 0 Å². The van der Waals surface area contributed by atoms with Crippen LogP contribution in [0.5, 0.6) is 0 Å². The predicted octanol–water partition coefficient (Wildman–Crippen LogP) is 2.27. The van der Waals surface area contributed by atoms with Crippen LogP contribution in [0, 0.1) is 0 Å². The zero-order chi connectivity index (χ0) is 15.2. The standard InChI is InChI=1S/C18H18N2O2/c21-18-13-17(22-11-9-15-8-4-5-10-19-15)16(20-18)12-14-6-2-1-3-7-14/h1-8,10,13,16H,9,11-12H2,(H,20,21). The summed E-state index contributed by atoms with van der Waals surface area (Å²) >= 11 is 0. The molecule has 1 amide bonds. The molecule has 1 aromatic carbocycles. The summed E-state index contributed by atoms with van der Waals surface area (Å²) in [6.45, 7) is 0.517. The first kappa shape index (κ1) is 14.3. The normalized spacial score (nSPS) is 17.0. The molecule has 2 heterocycles. The fraction of sp³-hybridized carbons (Fsp3) is 0.222. The molecule has 0 aliphatic carbocycles. The van der Waals surface area contributed by atoms with Crippen LogP contribution in [0.2, 0.25) is 0 Å². The smallest absolute Gasteiger partial charge is 0.248 e. The Bertz CT molecular complexity index is 653. The minimum Gasteiger partial charge on any atom is -0.495 e. The van der Waals surface area contributed by atoms with Gasteiger partial charge in [0.2, 0.25) is 5.91 Å². The summed E-state index contributed by atoms with van der Waals surface area (Å²) in [5, 5.41) is 2.93. The predicted molar refractivity (Wildman–Crippen MR) is 84.1 cm³/mol. The second kappa shape index (κ2) is 6.89. The van der Waals surface area contributed by atoms with E-state index in [9.17, 15) is 4.79 Å². The molecule has 22 heavy (non-hydrogen) atoms. The van der Waals surface area contributed by atoms with Gasteiger partial charge in [-0.05, 0) is 24.1 Å². The third kappa shape index (κ3) is 3.73. The SMILES string of the molecule is O=C1C=C(OCCc2ccccn2)C(Cc2ccccc2)N1. The Labute approximate surface area is 129 Å². The van der Waals surface area contributed by atoms with Crippen LogP contribution in [0.25, 0.3) is 0 Å². The highest BCUT2D eigenvalue weighted by Crippen LogP contribution is 2.16. The maximum absolute atomic E-state index is 11.6. The Morgan fingerprint density at radius 2 is 1.91 bits per heavy atom. The molecule has 4 nitrogen and oxygen atoms in total. The van der Waals surface area contributed by atoms with E-state index in [2.05, 4.69) is 22.4 Å². The topological polar surface area (TPSA) is 51.2 Å². The molecule has 0 saturated carbocycles. The molecule has 0 fully saturated rings. The number of amides is 1. The molecule has 3 rings (SSSR count). The molecular weight excluding hydrogens is 276 g/mol. The Hall–Kier alpha value is -2.62. The van der Waals surface area contributed by atoms with Gasteiger partial charge in [0.1, 0.15) is 5.76 Å². The second-order valence-electron chi connectivity index (χ2n) is 5.22. The molecule has 0 bridgehead atoms. The van der Waals surface area contributed by atoms with Crippen LogP contribution >= 0.6 is 0 Å². The van der Waals surface area contributed by atoms with Crippen LogP contribution in [0.3, 0.4) is 0 Å². The van der Waals surface area contributed by atoms with E-state index < -0.39 is 0 Å². The average Bonchev–Trinajstić information content (AvgIpc) is 2.89. The molecule has 1 unspecified atom stereocenters. The summed E-state index contributed by atoms with van der Waals surface area (Å²) in [4.78, 5) is 15.9. The van der Waals surface area contributed by atoms with Gasteiger partial charge in [-0.1, -0.05) is 36.4 Å². The van der Waals surface area contributed by atoms with Gasteiger partial charge in [-0.2, -0.15) is 0 Å². The molecule has 2 aromatic rings. The second-order valence-corrected chi connectivity index (χ2v) is 5.22. The maximum atomic E-state index is 11.6. The highest BCUT2D eigenvalue weighted by atomic mass is 16.5. The van der Waals surface area contributed by atoms with Crippen molar-refractivity contribution in [1.82, 2.24) is 10.3 Å². The lowest BCUT2D eigenvalue weighted by Crippen LogP contribution is -2.31. The van der Waals surface area contributed by atoms with E-state index >= 15 is 0 Å². The molecule has 1 aliphatic heterocycles. The fourth-order valence-electron chi connectivity index (χ4n) is 2.48. The number of hydrogen-bond donors (Lipinski definition) is 1. The molecule has 4 heteroatoms. The number of benzene rings is 1. The van der Waals surface area contributed by atoms with Gasteiger partial charge in [-0.15, -0.1) is 0 Å². The summed E-state index contributed by atoms with van der Waals surface area (Å²) in [5.41, 5.74) is 2.16. The minimum absolute atomic E-state index is 0.0846. The minimum atomic E-state index is -0.0891. The van der Waals surface area contributed by atoms with Crippen LogP contribution in [0.4, 0.5) is 0 Å². The number of rotatable bonds is 6. The number of hydrogen-bond acceptors (Lipinski definition) is 3. The zero-order valence-electron chi connectivity index (χ0n) is 12.2. The van der Waals surface area contributed by atoms with Crippen LogP contribution in [0.1, 0.15) is 11.3 Å². The lowest BCUT2D eigenvalue weighted by Gasteiger charge is -2.16. The molecule has 1 aliphatic rings. The largest absolute Gasteiger partial charge is 0.495 e. The number of carbonyl (C=O) groups is 1. The van der Waals surface area contributed by atoms with Gasteiger partial charge in [0.25, 0.3) is 0 Å². The highest BCUT2D eigenvalue weighted by Gasteiger charge is 2.25. The number of carbonyl (C=O) groups excluding carboxylic acids is 1. The number of ether oxygens (including phenoxy) is 1. The van der Waals surface area contributed by atoms with Gasteiger partial charge < -0.3 is 10.1 Å². The fourth-order valence-corrected chi connectivity index (χ4v) is 2.48. The summed E-state index contributed by atoms with van der Waals surface area (Å²) in [6, 6.07) is 15.8. The maximum Gasteiger partial charge on any atom is 0.248 e. The van der Waals surface area contributed by atoms with E-state index in [0.717, 1.165) is 18.5 Å². The van der Waals surface area contributed by atoms with E-state index in [1.54, 1.807) is 12.3 Å². The first-order valence-corrected chi connectivity index (χ1v) is 7.40. The van der Waals surface area contributed by atoms with E-state index in [1.807, 2.05) is 36.4 Å². The van der Waals surface area contributed by atoms with Crippen molar-refractivity contribution in [3.05, 3.63) is 77.8 Å². The molecule has 0 radical (unpaired) electrons.